The van der Waals surface area contributed by atoms with Crippen molar-refractivity contribution in [1.29, 1.82) is 5.41 Å². The third kappa shape index (κ3) is 25.7. The lowest BCUT2D eigenvalue weighted by atomic mass is 9.91. The number of fused-ring (bicyclic) bond motifs is 2. The molecule has 1 fully saturated rings. The fourth-order valence-electron chi connectivity index (χ4n) is 7.46. The molecule has 1 aliphatic carbocycles. The van der Waals surface area contributed by atoms with Gasteiger partial charge >= 0.3 is 11.9 Å². The monoisotopic (exact) mass is 1100 g/mol. The van der Waals surface area contributed by atoms with E-state index in [-0.39, 0.29) is 30.7 Å². The van der Waals surface area contributed by atoms with Gasteiger partial charge in [0.15, 0.2) is 0 Å². The lowest BCUT2D eigenvalue weighted by Gasteiger charge is -2.21. The maximum Gasteiger partial charge on any atom is 0.336 e. The summed E-state index contributed by atoms with van der Waals surface area (Å²) in [4.78, 5) is 65.1. The second-order valence-electron chi connectivity index (χ2n) is 17.3. The Bertz CT molecular complexity index is 2390. The molecule has 432 valence electrons. The Balaban J connectivity index is 0.000000429. The molecule has 0 saturated carbocycles. The third-order valence-electron chi connectivity index (χ3n) is 11.4. The zero-order valence-corrected chi connectivity index (χ0v) is 45.0. The number of carboxylic acid groups (broad SMARTS) is 1. The molecule has 23 nitrogen and oxygen atoms in total. The molecule has 3 amide bonds. The van der Waals surface area contributed by atoms with Gasteiger partial charge in [-0.25, -0.2) is 9.59 Å². The van der Waals surface area contributed by atoms with Crippen LogP contribution in [0.3, 0.4) is 0 Å². The van der Waals surface area contributed by atoms with Crippen LogP contribution >= 0.6 is 0 Å². The number of nitrogens with zero attached hydrogens (tertiary/aromatic N) is 2. The van der Waals surface area contributed by atoms with Gasteiger partial charge in [-0.05, 0) is 48.7 Å². The van der Waals surface area contributed by atoms with Gasteiger partial charge in [0.05, 0.1) is 150 Å². The number of carbonyl (C=O) groups is 5. The third-order valence-corrected chi connectivity index (χ3v) is 11.4. The molecular formula is C55H78N4O19. The number of benzene rings is 3. The summed E-state index contributed by atoms with van der Waals surface area (Å²) >= 11 is 0. The fraction of sp³-hybridized carbons (Fsp3) is 0.564. The highest BCUT2D eigenvalue weighted by atomic mass is 16.7. The van der Waals surface area contributed by atoms with Crippen LogP contribution < -0.4 is 11.1 Å². The maximum absolute atomic E-state index is 11.9. The Hall–Kier alpha value is -5.96. The van der Waals surface area contributed by atoms with E-state index in [1.54, 1.807) is 66.6 Å². The first-order valence-corrected chi connectivity index (χ1v) is 26.2. The number of hydroxylamine groups is 2. The minimum Gasteiger partial charge on any atom is -0.478 e. The summed E-state index contributed by atoms with van der Waals surface area (Å²) in [5.41, 5.74) is 9.30. The van der Waals surface area contributed by atoms with Crippen LogP contribution in [-0.4, -0.2) is 204 Å². The molecule has 0 aromatic heterocycles. The van der Waals surface area contributed by atoms with E-state index >= 15 is 0 Å². The number of nitrogens with one attached hydrogen (secondary N) is 1. The summed E-state index contributed by atoms with van der Waals surface area (Å²) in [5, 5.41) is 19.1. The molecule has 78 heavy (non-hydrogen) atoms. The number of methoxy groups -OCH3 is 1. The van der Waals surface area contributed by atoms with Crippen molar-refractivity contribution in [2.24, 2.45) is 0 Å². The number of nitrogens with two attached hydrogens (primary N) is 1. The van der Waals surface area contributed by atoms with E-state index in [1.165, 1.54) is 6.92 Å². The van der Waals surface area contributed by atoms with Gasteiger partial charge in [0.1, 0.15) is 11.3 Å². The van der Waals surface area contributed by atoms with Gasteiger partial charge in [0, 0.05) is 80.7 Å². The van der Waals surface area contributed by atoms with Crippen LogP contribution in [0, 0.1) is 5.41 Å². The minimum atomic E-state index is -0.995. The van der Waals surface area contributed by atoms with Gasteiger partial charge in [-0.15, -0.1) is 5.06 Å². The number of unbranched alkanes of at least 4 members (excludes halogenated alkanes) is 2. The Morgan fingerprint density at radius 1 is 0.603 bits per heavy atom. The van der Waals surface area contributed by atoms with Crippen LogP contribution in [0.1, 0.15) is 55.8 Å². The first-order valence-electron chi connectivity index (χ1n) is 26.2. The second kappa shape index (κ2) is 39.4. The lowest BCUT2D eigenvalue weighted by molar-refractivity contribution is -0.197. The van der Waals surface area contributed by atoms with E-state index in [2.05, 4.69) is 0 Å². The van der Waals surface area contributed by atoms with Crippen LogP contribution in [-0.2, 0) is 76.1 Å². The van der Waals surface area contributed by atoms with E-state index in [0.29, 0.717) is 204 Å². The smallest absolute Gasteiger partial charge is 0.336 e. The fourth-order valence-corrected chi connectivity index (χ4v) is 7.46. The Labute approximate surface area is 455 Å². The number of amides is 3. The number of anilines is 1. The number of imide groups is 1. The number of rotatable bonds is 42. The second-order valence-corrected chi connectivity index (χ2v) is 17.3. The number of ether oxygens (including phenoxy) is 11. The number of aromatic carboxylic acids is 1. The van der Waals surface area contributed by atoms with Crippen LogP contribution in [0.2, 0.25) is 0 Å². The summed E-state index contributed by atoms with van der Waals surface area (Å²) in [5.74, 6) is -2.14. The molecule has 2 aromatic carbocycles. The molecule has 0 unspecified atom stereocenters. The molecule has 3 aliphatic rings. The summed E-state index contributed by atoms with van der Waals surface area (Å²) in [7, 11) is 1.64. The Morgan fingerprint density at radius 2 is 1.09 bits per heavy atom. The summed E-state index contributed by atoms with van der Waals surface area (Å²) in [6.07, 6.45) is 2.14. The van der Waals surface area contributed by atoms with Gasteiger partial charge in [0.2, 0.25) is 5.91 Å². The van der Waals surface area contributed by atoms with Crippen molar-refractivity contribution in [3.63, 3.8) is 0 Å². The molecule has 0 radical (unpaired) electrons. The highest BCUT2D eigenvalue weighted by Gasteiger charge is 2.32. The van der Waals surface area contributed by atoms with E-state index in [4.69, 9.17) is 72.5 Å². The molecular weight excluding hydrogens is 1020 g/mol. The molecule has 0 atom stereocenters. The molecule has 2 heterocycles. The van der Waals surface area contributed by atoms with E-state index in [9.17, 15) is 29.1 Å². The number of carbonyl (C=O) groups excluding carboxylic acids is 4. The average Bonchev–Trinajstić information content (AvgIpc) is 3.77. The van der Waals surface area contributed by atoms with Crippen LogP contribution in [0.5, 0.6) is 0 Å². The van der Waals surface area contributed by atoms with E-state index in [1.807, 2.05) is 6.07 Å². The number of nitrogen functional groups attached to an aromatic ring is 1. The van der Waals surface area contributed by atoms with E-state index < -0.39 is 23.8 Å². The largest absolute Gasteiger partial charge is 0.478 e. The predicted molar refractivity (Wildman–Crippen MR) is 283 cm³/mol. The molecule has 2 aromatic rings. The molecule has 0 spiro atoms. The number of carboxylic acids is 1. The van der Waals surface area contributed by atoms with Crippen LogP contribution in [0.25, 0.3) is 33.4 Å². The topological polar surface area (TPSA) is 286 Å². The van der Waals surface area contributed by atoms with E-state index in [0.717, 1.165) is 16.5 Å². The molecule has 2 aliphatic heterocycles. The zero-order valence-electron chi connectivity index (χ0n) is 45.0. The van der Waals surface area contributed by atoms with Crippen molar-refractivity contribution in [1.82, 2.24) is 9.96 Å². The molecule has 1 saturated heterocycles. The minimum absolute atomic E-state index is 0.0550. The zero-order chi connectivity index (χ0) is 56.0. The van der Waals surface area contributed by atoms with Crippen molar-refractivity contribution >= 4 is 46.3 Å². The van der Waals surface area contributed by atoms with Crippen LogP contribution in [0.15, 0.2) is 65.1 Å². The van der Waals surface area contributed by atoms with Gasteiger partial charge < -0.3 is 82.5 Å². The summed E-state index contributed by atoms with van der Waals surface area (Å²) in [6.45, 7) is 12.7. The summed E-state index contributed by atoms with van der Waals surface area (Å²) in [6, 6.07) is 17.2. The van der Waals surface area contributed by atoms with Crippen molar-refractivity contribution < 1.29 is 90.4 Å². The van der Waals surface area contributed by atoms with Crippen molar-refractivity contribution in [2.45, 2.75) is 45.4 Å². The predicted octanol–water partition coefficient (Wildman–Crippen LogP) is 4.78. The quantitative estimate of drug-likeness (QED) is 0.0233. The average molecular weight is 1100 g/mol. The van der Waals surface area contributed by atoms with Crippen LogP contribution in [0.4, 0.5) is 5.69 Å². The molecule has 0 bridgehead atoms. The first kappa shape index (κ1) is 64.6. The van der Waals surface area contributed by atoms with Gasteiger partial charge in [-0.1, -0.05) is 24.6 Å². The Morgan fingerprint density at radius 3 is 1.58 bits per heavy atom. The standard InChI is InChI=1S/C35H64N2O16.C20H14N2O3/c1-32(38)36(9-5-3-4-6-35(41)53-37-33(39)7-8-34(37)40)10-11-43-14-15-45-18-19-47-22-23-49-26-27-51-30-31-52-29-28-50-25-24-48-21-20-46-17-16-44-13-12-42-2;21-11-5-7-15-17(9-11)25-18-10-12(22)6-8-16(18)19(15)13-3-1-2-4-14(13)20(23)24/h3-31H2,1-2H3;1-10,21H,22H2,(H,23,24). The molecule has 4 N–H and O–H groups in total. The molecule has 23 heteroatoms. The lowest BCUT2D eigenvalue weighted by Crippen LogP contribution is -2.33. The van der Waals surface area contributed by atoms with Gasteiger partial charge in [0.25, 0.3) is 11.8 Å². The number of hydrogen-bond donors (Lipinski definition) is 3. The SMILES string of the molecule is COCCOCCOCCOCCOCCOCCOCCOCCOCCOCCOCCN(CCCCCC(=O)ON1C(=O)CCC1=O)C(C)=O.N=c1ccc2c(-c3ccccc3C(=O)O)c3ccc(N)cc3oc-2c1. The first-order chi connectivity index (χ1) is 38.0. The molecule has 5 rings (SSSR count). The van der Waals surface area contributed by atoms with Crippen molar-refractivity contribution in [3.05, 3.63) is 71.6 Å². The van der Waals surface area contributed by atoms with Gasteiger partial charge in [-0.3, -0.25) is 14.4 Å². The normalized spacial score (nSPS) is 12.4. The maximum atomic E-state index is 11.9. The highest BCUT2D eigenvalue weighted by Crippen LogP contribution is 2.41. The van der Waals surface area contributed by atoms with Crippen molar-refractivity contribution in [2.75, 3.05) is 165 Å². The number of hydrogen-bond acceptors (Lipinski definition) is 20. The van der Waals surface area contributed by atoms with Gasteiger partial charge in [-0.2, -0.15) is 0 Å². The summed E-state index contributed by atoms with van der Waals surface area (Å²) < 4.78 is 65.4. The Kier molecular flexibility index (Phi) is 32.6. The van der Waals surface area contributed by atoms with Crippen molar-refractivity contribution in [3.8, 4) is 22.5 Å². The highest BCUT2D eigenvalue weighted by molar-refractivity contribution is 6.07.